The minimum Gasteiger partial charge on any atom is -0.323 e. The lowest BCUT2D eigenvalue weighted by Gasteiger charge is -2.08. The van der Waals surface area contributed by atoms with Gasteiger partial charge in [0.2, 0.25) is 0 Å². The summed E-state index contributed by atoms with van der Waals surface area (Å²) in [6.07, 6.45) is 4.50. The molecule has 0 aliphatic heterocycles. The molecule has 2 aromatic heterocycles. The maximum atomic E-state index is 6.11. The van der Waals surface area contributed by atoms with Crippen LogP contribution < -0.4 is 5.73 Å². The van der Waals surface area contributed by atoms with Gasteiger partial charge in [-0.05, 0) is 25.5 Å². The molecule has 2 heterocycles. The Kier molecular flexibility index (Phi) is 3.31. The molecule has 2 N–H and O–H groups in total. The highest BCUT2D eigenvalue weighted by molar-refractivity contribution is 7.11. The highest BCUT2D eigenvalue weighted by Gasteiger charge is 2.10. The van der Waals surface area contributed by atoms with Gasteiger partial charge >= 0.3 is 0 Å². The average molecular weight is 233 g/mol. The fraction of sp³-hybridized carbons (Fsp3) is 0.333. The molecule has 0 spiro atoms. The van der Waals surface area contributed by atoms with E-state index < -0.39 is 0 Å². The van der Waals surface area contributed by atoms with Crippen LogP contribution in [0.25, 0.3) is 0 Å². The number of hydrogen-bond acceptors (Lipinski definition) is 4. The topological polar surface area (TPSA) is 51.8 Å². The first-order valence-electron chi connectivity index (χ1n) is 5.24. The van der Waals surface area contributed by atoms with Crippen LogP contribution in [0.5, 0.6) is 0 Å². The molecular weight excluding hydrogens is 218 g/mol. The molecule has 0 bridgehead atoms. The molecule has 0 aliphatic carbocycles. The smallest absolute Gasteiger partial charge is 0.0897 e. The molecule has 2 aromatic rings. The number of nitrogens with zero attached hydrogens (tertiary/aromatic N) is 2. The molecule has 0 fully saturated rings. The summed E-state index contributed by atoms with van der Waals surface area (Å²) in [5.74, 6) is 0. The Morgan fingerprint density at radius 2 is 2.06 bits per heavy atom. The summed E-state index contributed by atoms with van der Waals surface area (Å²) in [5.41, 5.74) is 8.31. The van der Waals surface area contributed by atoms with Crippen LogP contribution in [-0.2, 0) is 6.42 Å². The van der Waals surface area contributed by atoms with Gasteiger partial charge in [0, 0.05) is 35.4 Å². The molecule has 0 amide bonds. The minimum absolute atomic E-state index is 0.00130. The van der Waals surface area contributed by atoms with Crippen LogP contribution in [0.3, 0.4) is 0 Å². The van der Waals surface area contributed by atoms with E-state index in [1.54, 1.807) is 11.3 Å². The van der Waals surface area contributed by atoms with Gasteiger partial charge in [-0.3, -0.25) is 4.98 Å². The lowest BCUT2D eigenvalue weighted by Crippen LogP contribution is -2.12. The van der Waals surface area contributed by atoms with E-state index in [0.29, 0.717) is 0 Å². The SMILES string of the molecule is Cc1ccc(CC(N)c2cnc(C)s2)nc1. The Balaban J connectivity index is 2.07. The fourth-order valence-electron chi connectivity index (χ4n) is 1.49. The van der Waals surface area contributed by atoms with Crippen molar-refractivity contribution in [2.75, 3.05) is 0 Å². The molecule has 0 saturated heterocycles. The van der Waals surface area contributed by atoms with Crippen molar-refractivity contribution in [3.63, 3.8) is 0 Å². The first-order valence-corrected chi connectivity index (χ1v) is 6.06. The Bertz CT molecular complexity index is 461. The summed E-state index contributed by atoms with van der Waals surface area (Å²) in [4.78, 5) is 9.69. The van der Waals surface area contributed by atoms with Crippen LogP contribution in [0.4, 0.5) is 0 Å². The number of aromatic nitrogens is 2. The predicted molar refractivity (Wildman–Crippen MR) is 66.5 cm³/mol. The number of nitrogens with two attached hydrogens (primary N) is 1. The van der Waals surface area contributed by atoms with E-state index in [1.807, 2.05) is 32.3 Å². The zero-order valence-corrected chi connectivity index (χ0v) is 10.3. The van der Waals surface area contributed by atoms with Crippen molar-refractivity contribution in [1.29, 1.82) is 0 Å². The monoisotopic (exact) mass is 233 g/mol. The van der Waals surface area contributed by atoms with Gasteiger partial charge in [0.15, 0.2) is 0 Å². The second-order valence-corrected chi connectivity index (χ2v) is 5.19. The number of hydrogen-bond donors (Lipinski definition) is 1. The number of thiazole rings is 1. The van der Waals surface area contributed by atoms with Crippen molar-refractivity contribution in [2.24, 2.45) is 5.73 Å². The second-order valence-electron chi connectivity index (χ2n) is 3.92. The molecule has 1 unspecified atom stereocenters. The molecule has 4 heteroatoms. The normalized spacial score (nSPS) is 12.7. The van der Waals surface area contributed by atoms with Gasteiger partial charge in [0.25, 0.3) is 0 Å². The van der Waals surface area contributed by atoms with Crippen molar-refractivity contribution in [3.05, 3.63) is 45.7 Å². The summed E-state index contributed by atoms with van der Waals surface area (Å²) in [6, 6.07) is 4.09. The van der Waals surface area contributed by atoms with Gasteiger partial charge in [-0.1, -0.05) is 6.07 Å². The summed E-state index contributed by atoms with van der Waals surface area (Å²) >= 11 is 1.65. The van der Waals surface area contributed by atoms with E-state index in [0.717, 1.165) is 22.0 Å². The maximum Gasteiger partial charge on any atom is 0.0897 e. The summed E-state index contributed by atoms with van der Waals surface area (Å²) < 4.78 is 0. The van der Waals surface area contributed by atoms with E-state index in [2.05, 4.69) is 16.0 Å². The first kappa shape index (κ1) is 11.2. The quantitative estimate of drug-likeness (QED) is 0.885. The highest BCUT2D eigenvalue weighted by Crippen LogP contribution is 2.21. The molecule has 0 aromatic carbocycles. The van der Waals surface area contributed by atoms with Crippen LogP contribution in [0.15, 0.2) is 24.5 Å². The Hall–Kier alpha value is -1.26. The van der Waals surface area contributed by atoms with Gasteiger partial charge in [-0.25, -0.2) is 4.98 Å². The standard InChI is InChI=1S/C12H15N3S/c1-8-3-4-10(15-6-8)5-11(13)12-7-14-9(2)16-12/h3-4,6-7,11H,5,13H2,1-2H3. The molecule has 0 radical (unpaired) electrons. The fourth-order valence-corrected chi connectivity index (χ4v) is 2.28. The molecular formula is C12H15N3S. The van der Waals surface area contributed by atoms with E-state index in [-0.39, 0.29) is 6.04 Å². The van der Waals surface area contributed by atoms with Crippen LogP contribution >= 0.6 is 11.3 Å². The summed E-state index contributed by atoms with van der Waals surface area (Å²) in [7, 11) is 0. The summed E-state index contributed by atoms with van der Waals surface area (Å²) in [6.45, 7) is 4.02. The van der Waals surface area contributed by atoms with Crippen molar-refractivity contribution in [1.82, 2.24) is 9.97 Å². The van der Waals surface area contributed by atoms with E-state index in [4.69, 9.17) is 5.73 Å². The molecule has 1 atom stereocenters. The van der Waals surface area contributed by atoms with Crippen molar-refractivity contribution in [2.45, 2.75) is 26.3 Å². The number of aryl methyl sites for hydroxylation is 2. The van der Waals surface area contributed by atoms with Crippen LogP contribution in [-0.4, -0.2) is 9.97 Å². The van der Waals surface area contributed by atoms with E-state index >= 15 is 0 Å². The van der Waals surface area contributed by atoms with Gasteiger partial charge < -0.3 is 5.73 Å². The third-order valence-corrected chi connectivity index (χ3v) is 3.45. The van der Waals surface area contributed by atoms with Gasteiger partial charge in [-0.2, -0.15) is 0 Å². The highest BCUT2D eigenvalue weighted by atomic mass is 32.1. The van der Waals surface area contributed by atoms with Crippen molar-refractivity contribution < 1.29 is 0 Å². The first-order chi connectivity index (χ1) is 7.65. The van der Waals surface area contributed by atoms with Crippen molar-refractivity contribution >= 4 is 11.3 Å². The number of pyridine rings is 1. The molecule has 2 rings (SSSR count). The van der Waals surface area contributed by atoms with Crippen LogP contribution in [0, 0.1) is 13.8 Å². The summed E-state index contributed by atoms with van der Waals surface area (Å²) in [5, 5.41) is 1.06. The minimum atomic E-state index is 0.00130. The predicted octanol–water partition coefficient (Wildman–Crippen LogP) is 2.40. The maximum absolute atomic E-state index is 6.11. The van der Waals surface area contributed by atoms with E-state index in [1.165, 1.54) is 5.56 Å². The largest absolute Gasteiger partial charge is 0.323 e. The molecule has 0 aliphatic rings. The Morgan fingerprint density at radius 3 is 2.62 bits per heavy atom. The Morgan fingerprint density at radius 1 is 1.25 bits per heavy atom. The zero-order valence-electron chi connectivity index (χ0n) is 9.47. The third kappa shape index (κ3) is 2.65. The lowest BCUT2D eigenvalue weighted by atomic mass is 10.1. The third-order valence-electron chi connectivity index (χ3n) is 2.41. The van der Waals surface area contributed by atoms with Crippen molar-refractivity contribution in [3.8, 4) is 0 Å². The van der Waals surface area contributed by atoms with E-state index in [9.17, 15) is 0 Å². The molecule has 16 heavy (non-hydrogen) atoms. The molecule has 3 nitrogen and oxygen atoms in total. The van der Waals surface area contributed by atoms with Crippen LogP contribution in [0.1, 0.15) is 27.2 Å². The molecule has 84 valence electrons. The van der Waals surface area contributed by atoms with Gasteiger partial charge in [0.1, 0.15) is 0 Å². The zero-order chi connectivity index (χ0) is 11.5. The van der Waals surface area contributed by atoms with Crippen LogP contribution in [0.2, 0.25) is 0 Å². The second kappa shape index (κ2) is 4.72. The number of rotatable bonds is 3. The Labute approximate surface area is 99.4 Å². The van der Waals surface area contributed by atoms with Gasteiger partial charge in [-0.15, -0.1) is 11.3 Å². The average Bonchev–Trinajstić information content (AvgIpc) is 2.68. The van der Waals surface area contributed by atoms with Gasteiger partial charge in [0.05, 0.1) is 5.01 Å². The molecule has 0 saturated carbocycles. The lowest BCUT2D eigenvalue weighted by molar-refractivity contribution is 0.717.